The Morgan fingerprint density at radius 3 is 2.66 bits per heavy atom. The van der Waals surface area contributed by atoms with Gasteiger partial charge in [-0.3, -0.25) is 0 Å². The lowest BCUT2D eigenvalue weighted by atomic mass is 9.98. The van der Waals surface area contributed by atoms with Gasteiger partial charge in [0.15, 0.2) is 0 Å². The lowest BCUT2D eigenvalue weighted by Crippen LogP contribution is -2.37. The molecule has 35 heavy (non-hydrogen) atoms. The van der Waals surface area contributed by atoms with E-state index in [0.29, 0.717) is 30.3 Å². The molecule has 3 atom stereocenters. The summed E-state index contributed by atoms with van der Waals surface area (Å²) in [4.78, 5) is 0. The van der Waals surface area contributed by atoms with Gasteiger partial charge in [-0.2, -0.15) is 0 Å². The highest BCUT2D eigenvalue weighted by Gasteiger charge is 2.44. The van der Waals surface area contributed by atoms with Crippen LogP contribution in [0.1, 0.15) is 93.4 Å². The average Bonchev–Trinajstić information content (AvgIpc) is 3.15. The van der Waals surface area contributed by atoms with E-state index in [1.165, 1.54) is 18.4 Å². The Bertz CT molecular complexity index is 942. The summed E-state index contributed by atoms with van der Waals surface area (Å²) in [6.45, 7) is 14.8. The van der Waals surface area contributed by atoms with Gasteiger partial charge in [-0.15, -0.1) is 0 Å². The standard InChI is InChI=1S/C30H48O5/c1-8-10-28(30(6,7)32)35-18-9-11-26(25-17-20-34-27(25)15-13-23(3)31)33-19-16-22(2)12-14-24-21-29(24,4)5/h9,15-18,20,23-24,28,31-32H,8,10-14,19,21H2,1-7H3/b18-9-,22-16+,26-25+,27-15+. The Labute approximate surface area is 212 Å². The van der Waals surface area contributed by atoms with Crippen LogP contribution in [-0.4, -0.2) is 34.6 Å². The molecule has 0 amide bonds. The number of ether oxygens (including phenoxy) is 2. The number of aliphatic hydroxyl groups is 2. The number of aliphatic hydroxyl groups excluding tert-OH is 1. The molecule has 0 radical (unpaired) electrons. The molecule has 1 aliphatic carbocycles. The van der Waals surface area contributed by atoms with Gasteiger partial charge in [0.2, 0.25) is 0 Å². The van der Waals surface area contributed by atoms with Crippen LogP contribution in [-0.2, 0) is 9.47 Å². The van der Waals surface area contributed by atoms with Gasteiger partial charge in [0, 0.05) is 6.42 Å². The van der Waals surface area contributed by atoms with Crippen molar-refractivity contribution in [3.63, 3.8) is 0 Å². The van der Waals surface area contributed by atoms with Crippen molar-refractivity contribution in [2.75, 3.05) is 6.61 Å². The molecule has 2 rings (SSSR count). The zero-order chi connectivity index (χ0) is 26.1. The van der Waals surface area contributed by atoms with E-state index in [2.05, 4.69) is 33.8 Å². The predicted octanol–water partition coefficient (Wildman–Crippen LogP) is 5.59. The molecule has 0 saturated heterocycles. The summed E-state index contributed by atoms with van der Waals surface area (Å²) >= 11 is 0. The largest absolute Gasteiger partial charge is 0.495 e. The van der Waals surface area contributed by atoms with Gasteiger partial charge in [-0.1, -0.05) is 32.8 Å². The Morgan fingerprint density at radius 1 is 1.34 bits per heavy atom. The molecule has 3 unspecified atom stereocenters. The van der Waals surface area contributed by atoms with Crippen molar-refractivity contribution < 1.29 is 24.1 Å². The van der Waals surface area contributed by atoms with E-state index in [9.17, 15) is 10.2 Å². The van der Waals surface area contributed by atoms with Crippen LogP contribution in [0.25, 0.3) is 11.8 Å². The predicted molar refractivity (Wildman–Crippen MR) is 143 cm³/mol. The summed E-state index contributed by atoms with van der Waals surface area (Å²) < 4.78 is 17.8. The minimum absolute atomic E-state index is 0.265. The molecule has 198 valence electrons. The summed E-state index contributed by atoms with van der Waals surface area (Å²) in [5.74, 6) is 1.63. The summed E-state index contributed by atoms with van der Waals surface area (Å²) in [5.41, 5.74) is 1.67. The van der Waals surface area contributed by atoms with E-state index >= 15 is 0 Å². The Kier molecular flexibility index (Phi) is 11.2. The third kappa shape index (κ3) is 10.3. The van der Waals surface area contributed by atoms with Crippen LogP contribution in [0.5, 0.6) is 0 Å². The van der Waals surface area contributed by atoms with Gasteiger partial charge >= 0.3 is 0 Å². The van der Waals surface area contributed by atoms with Crippen molar-refractivity contribution in [3.05, 3.63) is 47.0 Å². The van der Waals surface area contributed by atoms with E-state index in [1.807, 2.05) is 18.2 Å². The highest BCUT2D eigenvalue weighted by Crippen LogP contribution is 2.54. The van der Waals surface area contributed by atoms with E-state index in [1.54, 1.807) is 33.3 Å². The average molecular weight is 489 g/mol. The first-order valence-corrected chi connectivity index (χ1v) is 13.2. The molecule has 5 heteroatoms. The van der Waals surface area contributed by atoms with E-state index in [-0.39, 0.29) is 6.10 Å². The third-order valence-electron chi connectivity index (χ3n) is 6.92. The zero-order valence-corrected chi connectivity index (χ0v) is 23.0. The molecule has 0 aliphatic heterocycles. The molecule has 1 saturated carbocycles. The Balaban J connectivity index is 2.11. The van der Waals surface area contributed by atoms with Gasteiger partial charge in [-0.05, 0) is 95.4 Å². The maximum absolute atomic E-state index is 10.4. The Hall–Kier alpha value is -1.98. The van der Waals surface area contributed by atoms with Crippen LogP contribution in [0.4, 0.5) is 0 Å². The first-order valence-electron chi connectivity index (χ1n) is 13.2. The zero-order valence-electron chi connectivity index (χ0n) is 23.0. The maximum Gasteiger partial charge on any atom is 0.133 e. The maximum atomic E-state index is 10.4. The van der Waals surface area contributed by atoms with Crippen molar-refractivity contribution in [1.29, 1.82) is 0 Å². The minimum Gasteiger partial charge on any atom is -0.495 e. The monoisotopic (exact) mass is 488 g/mol. The molecule has 0 aromatic carbocycles. The molecular formula is C30H48O5. The topological polar surface area (TPSA) is 72.1 Å². The lowest BCUT2D eigenvalue weighted by Gasteiger charge is -2.28. The normalized spacial score (nSPS) is 21.2. The minimum atomic E-state index is -0.908. The quantitative estimate of drug-likeness (QED) is 0.249. The fourth-order valence-electron chi connectivity index (χ4n) is 4.25. The summed E-state index contributed by atoms with van der Waals surface area (Å²) in [6, 6.07) is 1.90. The fraction of sp³-hybridized carbons (Fsp3) is 0.667. The van der Waals surface area contributed by atoms with Crippen LogP contribution in [0, 0.1) is 11.3 Å². The van der Waals surface area contributed by atoms with Gasteiger partial charge in [0.1, 0.15) is 23.9 Å². The van der Waals surface area contributed by atoms with E-state index in [4.69, 9.17) is 13.9 Å². The first-order chi connectivity index (χ1) is 16.4. The van der Waals surface area contributed by atoms with E-state index in [0.717, 1.165) is 36.2 Å². The van der Waals surface area contributed by atoms with E-state index < -0.39 is 11.7 Å². The molecule has 1 heterocycles. The summed E-state index contributed by atoms with van der Waals surface area (Å²) in [7, 11) is 0. The second-order valence-corrected chi connectivity index (χ2v) is 11.3. The van der Waals surface area contributed by atoms with Crippen LogP contribution < -0.4 is 10.6 Å². The summed E-state index contributed by atoms with van der Waals surface area (Å²) in [6.07, 6.45) is 15.0. The van der Waals surface area contributed by atoms with Crippen molar-refractivity contribution >= 4 is 11.8 Å². The smallest absolute Gasteiger partial charge is 0.133 e. The molecular weight excluding hydrogens is 440 g/mol. The Morgan fingerprint density at radius 2 is 2.06 bits per heavy atom. The van der Waals surface area contributed by atoms with Gasteiger partial charge in [-0.25, -0.2) is 0 Å². The first kappa shape index (κ1) is 29.3. The second-order valence-electron chi connectivity index (χ2n) is 11.3. The van der Waals surface area contributed by atoms with Crippen LogP contribution in [0.3, 0.4) is 0 Å². The lowest BCUT2D eigenvalue weighted by molar-refractivity contribution is -0.0583. The van der Waals surface area contributed by atoms with Crippen LogP contribution >= 0.6 is 0 Å². The summed E-state index contributed by atoms with van der Waals surface area (Å²) in [5, 5.41) is 20.9. The molecule has 5 nitrogen and oxygen atoms in total. The van der Waals surface area contributed by atoms with Crippen molar-refractivity contribution in [3.8, 4) is 0 Å². The number of hydrogen-bond donors (Lipinski definition) is 2. The van der Waals surface area contributed by atoms with Crippen molar-refractivity contribution in [1.82, 2.24) is 0 Å². The number of allylic oxidation sites excluding steroid dienone is 1. The fourth-order valence-corrected chi connectivity index (χ4v) is 4.25. The highest BCUT2D eigenvalue weighted by atomic mass is 16.5. The molecule has 1 aliphatic rings. The number of rotatable bonds is 15. The van der Waals surface area contributed by atoms with Crippen molar-refractivity contribution in [2.45, 2.75) is 111 Å². The molecule has 1 aromatic heterocycles. The molecule has 1 fully saturated rings. The highest BCUT2D eigenvalue weighted by molar-refractivity contribution is 5.40. The molecule has 2 N–H and O–H groups in total. The van der Waals surface area contributed by atoms with Crippen LogP contribution in [0.15, 0.2) is 40.7 Å². The van der Waals surface area contributed by atoms with Gasteiger partial charge in [0.25, 0.3) is 0 Å². The molecule has 0 bridgehead atoms. The number of hydrogen-bond acceptors (Lipinski definition) is 5. The molecule has 1 aromatic rings. The SMILES string of the molecule is CCCC(O/C=C\C/C(OC/C=C(\C)CCC1CC1(C)C)=c1/cco/c1=C/CC(C)O)C(C)(C)O. The van der Waals surface area contributed by atoms with Gasteiger partial charge in [0.05, 0.1) is 29.4 Å². The van der Waals surface area contributed by atoms with Gasteiger partial charge < -0.3 is 24.1 Å². The third-order valence-corrected chi connectivity index (χ3v) is 6.92. The molecule has 0 spiro atoms. The van der Waals surface area contributed by atoms with Crippen LogP contribution in [0.2, 0.25) is 0 Å². The van der Waals surface area contributed by atoms with Crippen molar-refractivity contribution in [2.24, 2.45) is 11.3 Å². The number of furan rings is 1. The second kappa shape index (κ2) is 13.4.